The zero-order valence-corrected chi connectivity index (χ0v) is 9.99. The average Bonchev–Trinajstić information content (AvgIpc) is 2.28. The predicted molar refractivity (Wildman–Crippen MR) is 59.4 cm³/mol. The van der Waals surface area contributed by atoms with Crippen molar-refractivity contribution in [1.29, 1.82) is 0 Å². The number of Topliss-reactive ketones (excluding diaryl/α,β-unsaturated/α-hetero) is 1. The first-order valence-corrected chi connectivity index (χ1v) is 5.96. The lowest BCUT2D eigenvalue weighted by molar-refractivity contribution is -0.143. The van der Waals surface area contributed by atoms with Gasteiger partial charge in [-0.1, -0.05) is 26.2 Å². The van der Waals surface area contributed by atoms with Crippen LogP contribution < -0.4 is 0 Å². The van der Waals surface area contributed by atoms with E-state index in [1.54, 1.807) is 13.8 Å². The molecular weight excluding hydrogens is 208 g/mol. The summed E-state index contributed by atoms with van der Waals surface area (Å²) in [5, 5.41) is 8.65. The Morgan fingerprint density at radius 1 is 1.31 bits per heavy atom. The van der Waals surface area contributed by atoms with Crippen LogP contribution in [0.15, 0.2) is 0 Å². The summed E-state index contributed by atoms with van der Waals surface area (Å²) < 4.78 is 4.77. The largest absolute Gasteiger partial charge is 0.506 e. The Kier molecular flexibility index (Phi) is 4.33. The number of ether oxygens (including phenoxy) is 1. The van der Waals surface area contributed by atoms with Crippen LogP contribution in [0.3, 0.4) is 0 Å². The average molecular weight is 228 g/mol. The van der Waals surface area contributed by atoms with Crippen LogP contribution in [0, 0.1) is 5.92 Å². The van der Waals surface area contributed by atoms with Gasteiger partial charge in [-0.25, -0.2) is 4.79 Å². The van der Waals surface area contributed by atoms with E-state index < -0.39 is 11.8 Å². The maximum absolute atomic E-state index is 12.2. The summed E-state index contributed by atoms with van der Waals surface area (Å²) in [5.74, 6) is -0.0600. The Bertz CT molecular complexity index is 268. The van der Waals surface area contributed by atoms with E-state index in [0.717, 1.165) is 25.7 Å². The van der Waals surface area contributed by atoms with E-state index in [1.165, 1.54) is 6.42 Å². The van der Waals surface area contributed by atoms with Gasteiger partial charge in [0.25, 0.3) is 0 Å². The molecule has 1 aliphatic rings. The lowest BCUT2D eigenvalue weighted by atomic mass is 9.79. The molecule has 0 aliphatic heterocycles. The molecule has 1 saturated carbocycles. The maximum atomic E-state index is 12.2. The van der Waals surface area contributed by atoms with Crippen LogP contribution in [0.4, 0.5) is 4.79 Å². The Balaban J connectivity index is 2.70. The van der Waals surface area contributed by atoms with Crippen molar-refractivity contribution in [2.24, 2.45) is 5.92 Å². The number of carbonyl (C=O) groups excluding carboxylic acids is 1. The number of carbonyl (C=O) groups is 2. The highest BCUT2D eigenvalue weighted by atomic mass is 16.7. The first-order valence-electron chi connectivity index (χ1n) is 5.96. The summed E-state index contributed by atoms with van der Waals surface area (Å²) in [4.78, 5) is 22.8. The third kappa shape index (κ3) is 2.97. The lowest BCUT2D eigenvalue weighted by Gasteiger charge is -2.31. The lowest BCUT2D eigenvalue weighted by Crippen LogP contribution is -2.43. The highest BCUT2D eigenvalue weighted by molar-refractivity contribution is 5.90. The van der Waals surface area contributed by atoms with Gasteiger partial charge in [0.15, 0.2) is 11.4 Å². The van der Waals surface area contributed by atoms with Crippen molar-refractivity contribution < 1.29 is 19.4 Å². The van der Waals surface area contributed by atoms with Gasteiger partial charge in [0.05, 0.1) is 0 Å². The third-order valence-electron chi connectivity index (χ3n) is 3.48. The summed E-state index contributed by atoms with van der Waals surface area (Å²) >= 11 is 0. The molecule has 0 bridgehead atoms. The van der Waals surface area contributed by atoms with Crippen LogP contribution >= 0.6 is 0 Å². The van der Waals surface area contributed by atoms with Crippen molar-refractivity contribution in [3.63, 3.8) is 0 Å². The minimum atomic E-state index is -1.37. The van der Waals surface area contributed by atoms with Crippen molar-refractivity contribution in [1.82, 2.24) is 0 Å². The molecule has 0 radical (unpaired) electrons. The Labute approximate surface area is 96.0 Å². The molecule has 0 aromatic rings. The quantitative estimate of drug-likeness (QED) is 0.751. The highest BCUT2D eigenvalue weighted by Gasteiger charge is 2.40. The summed E-state index contributed by atoms with van der Waals surface area (Å²) in [6.45, 7) is 3.36. The first kappa shape index (κ1) is 13.0. The van der Waals surface area contributed by atoms with Gasteiger partial charge in [-0.05, 0) is 26.2 Å². The van der Waals surface area contributed by atoms with Gasteiger partial charge in [-0.2, -0.15) is 0 Å². The van der Waals surface area contributed by atoms with Gasteiger partial charge in [-0.3, -0.25) is 4.79 Å². The molecule has 4 heteroatoms. The van der Waals surface area contributed by atoms with E-state index in [4.69, 9.17) is 9.84 Å². The van der Waals surface area contributed by atoms with Gasteiger partial charge in [0.1, 0.15) is 0 Å². The van der Waals surface area contributed by atoms with Gasteiger partial charge in [0, 0.05) is 5.92 Å². The molecule has 1 unspecified atom stereocenters. The molecule has 0 amide bonds. The fourth-order valence-corrected chi connectivity index (χ4v) is 2.29. The molecule has 0 spiro atoms. The SMILES string of the molecule is CCC(C)(OC(=O)O)C(=O)C1CCCCC1. The summed E-state index contributed by atoms with van der Waals surface area (Å²) in [5.41, 5.74) is -1.16. The second kappa shape index (κ2) is 5.32. The molecule has 1 atom stereocenters. The third-order valence-corrected chi connectivity index (χ3v) is 3.48. The number of ketones is 1. The molecule has 1 fully saturated rings. The molecule has 0 aromatic heterocycles. The molecule has 0 aromatic carbocycles. The highest BCUT2D eigenvalue weighted by Crippen LogP contribution is 2.30. The van der Waals surface area contributed by atoms with E-state index in [-0.39, 0.29) is 11.7 Å². The van der Waals surface area contributed by atoms with Crippen molar-refractivity contribution in [3.05, 3.63) is 0 Å². The number of hydrogen-bond acceptors (Lipinski definition) is 3. The molecule has 0 saturated heterocycles. The smallest absolute Gasteiger partial charge is 0.450 e. The van der Waals surface area contributed by atoms with Gasteiger partial charge >= 0.3 is 6.16 Å². The fraction of sp³-hybridized carbons (Fsp3) is 0.833. The van der Waals surface area contributed by atoms with Crippen LogP contribution in [0.1, 0.15) is 52.4 Å². The molecule has 0 heterocycles. The standard InChI is InChI=1S/C12H20O4/c1-3-12(2,16-11(14)15)10(13)9-7-5-4-6-8-9/h9H,3-8H2,1-2H3,(H,14,15). The fourth-order valence-electron chi connectivity index (χ4n) is 2.29. The van der Waals surface area contributed by atoms with Crippen LogP contribution in [0.5, 0.6) is 0 Å². The first-order chi connectivity index (χ1) is 7.49. The van der Waals surface area contributed by atoms with Crippen LogP contribution in [-0.2, 0) is 9.53 Å². The Morgan fingerprint density at radius 3 is 2.31 bits per heavy atom. The molecule has 92 valence electrons. The van der Waals surface area contributed by atoms with Gasteiger partial charge < -0.3 is 9.84 Å². The minimum Gasteiger partial charge on any atom is -0.450 e. The van der Waals surface area contributed by atoms with E-state index in [9.17, 15) is 9.59 Å². The predicted octanol–water partition coefficient (Wildman–Crippen LogP) is 3.00. The van der Waals surface area contributed by atoms with Crippen molar-refractivity contribution >= 4 is 11.9 Å². The Hall–Kier alpha value is -1.06. The summed E-state index contributed by atoms with van der Waals surface area (Å²) in [6, 6.07) is 0. The van der Waals surface area contributed by atoms with Gasteiger partial charge in [0.2, 0.25) is 0 Å². The molecule has 16 heavy (non-hydrogen) atoms. The van der Waals surface area contributed by atoms with Crippen molar-refractivity contribution in [2.45, 2.75) is 58.0 Å². The monoisotopic (exact) mass is 228 g/mol. The van der Waals surface area contributed by atoms with Crippen LogP contribution in [0.25, 0.3) is 0 Å². The minimum absolute atomic E-state index is 0.0157. The number of rotatable bonds is 4. The zero-order chi connectivity index (χ0) is 12.2. The zero-order valence-electron chi connectivity index (χ0n) is 9.99. The van der Waals surface area contributed by atoms with Crippen molar-refractivity contribution in [3.8, 4) is 0 Å². The molecule has 1 N–H and O–H groups in total. The van der Waals surface area contributed by atoms with E-state index in [2.05, 4.69) is 0 Å². The Morgan fingerprint density at radius 2 is 1.88 bits per heavy atom. The summed E-state index contributed by atoms with van der Waals surface area (Å²) in [6.07, 6.45) is 4.07. The van der Waals surface area contributed by atoms with E-state index >= 15 is 0 Å². The normalized spacial score (nSPS) is 21.1. The maximum Gasteiger partial charge on any atom is 0.506 e. The van der Waals surface area contributed by atoms with Crippen LogP contribution in [0.2, 0.25) is 0 Å². The van der Waals surface area contributed by atoms with E-state index in [0.29, 0.717) is 6.42 Å². The second-order valence-electron chi connectivity index (χ2n) is 4.65. The van der Waals surface area contributed by atoms with Gasteiger partial charge in [-0.15, -0.1) is 0 Å². The van der Waals surface area contributed by atoms with Crippen molar-refractivity contribution in [2.75, 3.05) is 0 Å². The molecule has 4 nitrogen and oxygen atoms in total. The number of hydrogen-bond donors (Lipinski definition) is 1. The number of carboxylic acid groups (broad SMARTS) is 1. The van der Waals surface area contributed by atoms with E-state index in [1.807, 2.05) is 0 Å². The van der Waals surface area contributed by atoms with Crippen LogP contribution in [-0.4, -0.2) is 22.6 Å². The second-order valence-corrected chi connectivity index (χ2v) is 4.65. The molecule has 1 aliphatic carbocycles. The summed E-state index contributed by atoms with van der Waals surface area (Å²) in [7, 11) is 0. The topological polar surface area (TPSA) is 63.6 Å². The molecular formula is C12H20O4. The molecule has 1 rings (SSSR count).